The van der Waals surface area contributed by atoms with E-state index in [1.165, 1.54) is 12.1 Å². The Morgan fingerprint density at radius 3 is 2.00 bits per heavy atom. The lowest BCUT2D eigenvalue weighted by Crippen LogP contribution is -2.01. The standard InChI is InChI=1S/C13H10O5/c14-8-1-2-12(17)11(6-8)13(18)7-3-9(15)5-10(16)4-7/h1-6,14-17H. The largest absolute Gasteiger partial charge is 0.508 e. The van der Waals surface area contributed by atoms with Crippen molar-refractivity contribution < 1.29 is 25.2 Å². The van der Waals surface area contributed by atoms with Gasteiger partial charge in [0, 0.05) is 11.6 Å². The van der Waals surface area contributed by atoms with Crippen LogP contribution in [0.2, 0.25) is 0 Å². The van der Waals surface area contributed by atoms with E-state index in [-0.39, 0.29) is 34.1 Å². The maximum Gasteiger partial charge on any atom is 0.197 e. The van der Waals surface area contributed by atoms with Gasteiger partial charge in [0.25, 0.3) is 0 Å². The van der Waals surface area contributed by atoms with E-state index in [0.717, 1.165) is 24.3 Å². The number of carbonyl (C=O) groups is 1. The number of rotatable bonds is 2. The topological polar surface area (TPSA) is 98.0 Å². The Labute approximate surface area is 102 Å². The number of hydrogen-bond acceptors (Lipinski definition) is 5. The molecule has 92 valence electrons. The molecule has 0 saturated heterocycles. The van der Waals surface area contributed by atoms with E-state index in [1.807, 2.05) is 0 Å². The number of phenols is 4. The smallest absolute Gasteiger partial charge is 0.197 e. The minimum absolute atomic E-state index is 0.00778. The lowest BCUT2D eigenvalue weighted by molar-refractivity contribution is 0.103. The van der Waals surface area contributed by atoms with Crippen molar-refractivity contribution in [3.05, 3.63) is 47.5 Å². The van der Waals surface area contributed by atoms with Gasteiger partial charge in [-0.1, -0.05) is 0 Å². The van der Waals surface area contributed by atoms with E-state index in [0.29, 0.717) is 0 Å². The van der Waals surface area contributed by atoms with Crippen molar-refractivity contribution in [3.8, 4) is 23.0 Å². The van der Waals surface area contributed by atoms with Crippen LogP contribution in [0.1, 0.15) is 15.9 Å². The molecule has 0 aliphatic rings. The van der Waals surface area contributed by atoms with Crippen molar-refractivity contribution in [2.75, 3.05) is 0 Å². The van der Waals surface area contributed by atoms with Crippen LogP contribution in [-0.4, -0.2) is 26.2 Å². The summed E-state index contributed by atoms with van der Waals surface area (Å²) >= 11 is 0. The molecule has 0 saturated carbocycles. The quantitative estimate of drug-likeness (QED) is 0.478. The van der Waals surface area contributed by atoms with Crippen molar-refractivity contribution in [2.24, 2.45) is 0 Å². The van der Waals surface area contributed by atoms with Crippen LogP contribution in [0.15, 0.2) is 36.4 Å². The van der Waals surface area contributed by atoms with Gasteiger partial charge in [-0.3, -0.25) is 4.79 Å². The number of aromatic hydroxyl groups is 4. The highest BCUT2D eigenvalue weighted by atomic mass is 16.3. The van der Waals surface area contributed by atoms with E-state index in [9.17, 15) is 25.2 Å². The zero-order chi connectivity index (χ0) is 13.3. The Bertz CT molecular complexity index is 599. The van der Waals surface area contributed by atoms with Gasteiger partial charge in [-0.2, -0.15) is 0 Å². The molecule has 0 aliphatic heterocycles. The minimum atomic E-state index is -0.616. The highest BCUT2D eigenvalue weighted by Crippen LogP contribution is 2.27. The summed E-state index contributed by atoms with van der Waals surface area (Å²) in [4.78, 5) is 12.0. The first-order chi connectivity index (χ1) is 8.47. The molecule has 2 aromatic carbocycles. The molecule has 5 nitrogen and oxygen atoms in total. The number of hydrogen-bond donors (Lipinski definition) is 4. The number of benzene rings is 2. The molecule has 2 rings (SSSR count). The lowest BCUT2D eigenvalue weighted by atomic mass is 10.0. The monoisotopic (exact) mass is 246 g/mol. The molecule has 0 fully saturated rings. The molecule has 0 amide bonds. The van der Waals surface area contributed by atoms with Gasteiger partial charge in [0.1, 0.15) is 23.0 Å². The Balaban J connectivity index is 2.51. The zero-order valence-electron chi connectivity index (χ0n) is 9.16. The Hall–Kier alpha value is -2.69. The third-order valence-electron chi connectivity index (χ3n) is 2.39. The second-order valence-electron chi connectivity index (χ2n) is 3.77. The van der Waals surface area contributed by atoms with E-state index in [4.69, 9.17) is 0 Å². The molecule has 0 heterocycles. The fourth-order valence-electron chi connectivity index (χ4n) is 1.59. The van der Waals surface area contributed by atoms with Crippen LogP contribution in [-0.2, 0) is 0 Å². The third-order valence-corrected chi connectivity index (χ3v) is 2.39. The van der Waals surface area contributed by atoms with Gasteiger partial charge in [-0.15, -0.1) is 0 Å². The fraction of sp³-hybridized carbons (Fsp3) is 0. The predicted octanol–water partition coefficient (Wildman–Crippen LogP) is 1.74. The first-order valence-corrected chi connectivity index (χ1v) is 5.07. The molecule has 4 N–H and O–H groups in total. The van der Waals surface area contributed by atoms with Crippen LogP contribution in [0.3, 0.4) is 0 Å². The second-order valence-corrected chi connectivity index (χ2v) is 3.77. The van der Waals surface area contributed by atoms with E-state index in [1.54, 1.807) is 0 Å². The van der Waals surface area contributed by atoms with Crippen LogP contribution < -0.4 is 0 Å². The molecule has 0 spiro atoms. The summed E-state index contributed by atoms with van der Waals surface area (Å²) in [5, 5.41) is 37.4. The first-order valence-electron chi connectivity index (χ1n) is 5.07. The molecule has 18 heavy (non-hydrogen) atoms. The Morgan fingerprint density at radius 2 is 1.39 bits per heavy atom. The SMILES string of the molecule is O=C(c1cc(O)cc(O)c1)c1cc(O)ccc1O. The average molecular weight is 246 g/mol. The molecule has 0 aliphatic carbocycles. The predicted molar refractivity (Wildman–Crippen MR) is 63.0 cm³/mol. The second kappa shape index (κ2) is 4.29. The van der Waals surface area contributed by atoms with Gasteiger partial charge in [-0.05, 0) is 30.3 Å². The van der Waals surface area contributed by atoms with Gasteiger partial charge in [0.05, 0.1) is 5.56 Å². The van der Waals surface area contributed by atoms with Crippen molar-refractivity contribution in [3.63, 3.8) is 0 Å². The van der Waals surface area contributed by atoms with Crippen molar-refractivity contribution in [1.82, 2.24) is 0 Å². The number of carbonyl (C=O) groups excluding carboxylic acids is 1. The molecule has 2 aromatic rings. The zero-order valence-corrected chi connectivity index (χ0v) is 9.16. The third kappa shape index (κ3) is 2.20. The molecule has 0 unspecified atom stereocenters. The van der Waals surface area contributed by atoms with Gasteiger partial charge in [0.15, 0.2) is 5.78 Å². The van der Waals surface area contributed by atoms with Gasteiger partial charge in [0.2, 0.25) is 0 Å². The summed E-state index contributed by atoms with van der Waals surface area (Å²) in [5.41, 5.74) is -0.103. The first kappa shape index (κ1) is 11.8. The van der Waals surface area contributed by atoms with Gasteiger partial charge >= 0.3 is 0 Å². The van der Waals surface area contributed by atoms with E-state index >= 15 is 0 Å². The van der Waals surface area contributed by atoms with Gasteiger partial charge in [-0.25, -0.2) is 0 Å². The number of ketones is 1. The van der Waals surface area contributed by atoms with Crippen LogP contribution in [0.5, 0.6) is 23.0 Å². The fourth-order valence-corrected chi connectivity index (χ4v) is 1.59. The summed E-state index contributed by atoms with van der Waals surface area (Å²) < 4.78 is 0. The normalized spacial score (nSPS) is 10.2. The van der Waals surface area contributed by atoms with Crippen molar-refractivity contribution >= 4 is 5.78 Å². The molecule has 5 heteroatoms. The number of phenolic OH excluding ortho intramolecular Hbond substituents is 4. The summed E-state index contributed by atoms with van der Waals surface area (Å²) in [6.07, 6.45) is 0. The Morgan fingerprint density at radius 1 is 0.778 bits per heavy atom. The maximum absolute atomic E-state index is 12.0. The van der Waals surface area contributed by atoms with Crippen molar-refractivity contribution in [2.45, 2.75) is 0 Å². The van der Waals surface area contributed by atoms with E-state index in [2.05, 4.69) is 0 Å². The highest BCUT2D eigenvalue weighted by Gasteiger charge is 2.15. The van der Waals surface area contributed by atoms with Gasteiger partial charge < -0.3 is 20.4 Å². The van der Waals surface area contributed by atoms with Crippen LogP contribution >= 0.6 is 0 Å². The molecule has 0 atom stereocenters. The molecular weight excluding hydrogens is 236 g/mol. The highest BCUT2D eigenvalue weighted by molar-refractivity contribution is 6.11. The molecule has 0 radical (unpaired) electrons. The maximum atomic E-state index is 12.0. The molecule has 0 bridgehead atoms. The lowest BCUT2D eigenvalue weighted by Gasteiger charge is -2.05. The van der Waals surface area contributed by atoms with Crippen LogP contribution in [0, 0.1) is 0 Å². The average Bonchev–Trinajstić information content (AvgIpc) is 2.30. The van der Waals surface area contributed by atoms with Crippen molar-refractivity contribution in [1.29, 1.82) is 0 Å². The summed E-state index contributed by atoms with van der Waals surface area (Å²) in [6.45, 7) is 0. The summed E-state index contributed by atoms with van der Waals surface area (Å²) in [6, 6.07) is 6.94. The molecular formula is C13H10O5. The Kier molecular flexibility index (Phi) is 2.81. The minimum Gasteiger partial charge on any atom is -0.508 e. The molecule has 0 aromatic heterocycles. The summed E-state index contributed by atoms with van der Waals surface area (Å²) in [5.74, 6) is -1.60. The summed E-state index contributed by atoms with van der Waals surface area (Å²) in [7, 11) is 0. The van der Waals surface area contributed by atoms with Crippen LogP contribution in [0.4, 0.5) is 0 Å². The van der Waals surface area contributed by atoms with Crippen LogP contribution in [0.25, 0.3) is 0 Å². The van der Waals surface area contributed by atoms with E-state index < -0.39 is 5.78 Å².